The predicted octanol–water partition coefficient (Wildman–Crippen LogP) is 2.00. The second-order valence-corrected chi connectivity index (χ2v) is 6.61. The number of carboxylic acid groups (broad SMARTS) is 1. The van der Waals surface area contributed by atoms with Gasteiger partial charge in [0, 0.05) is 18.7 Å². The van der Waals surface area contributed by atoms with Gasteiger partial charge in [-0.05, 0) is 29.8 Å². The number of aliphatic carboxylic acids is 1. The van der Waals surface area contributed by atoms with Crippen LogP contribution in [0.4, 0.5) is 5.69 Å². The van der Waals surface area contributed by atoms with Crippen LogP contribution in [0.5, 0.6) is 5.75 Å². The number of hydrogen-bond donors (Lipinski definition) is 1. The molecule has 0 bridgehead atoms. The molecule has 1 aliphatic rings. The third-order valence-electron chi connectivity index (χ3n) is 4.68. The number of carbonyl (C=O) groups is 4. The van der Waals surface area contributed by atoms with Gasteiger partial charge in [-0.25, -0.2) is 9.69 Å². The van der Waals surface area contributed by atoms with Crippen LogP contribution in [-0.2, 0) is 25.7 Å². The van der Waals surface area contributed by atoms with Crippen molar-refractivity contribution in [2.45, 2.75) is 19.0 Å². The molecule has 0 radical (unpaired) electrons. The van der Waals surface area contributed by atoms with Crippen LogP contribution in [0.1, 0.15) is 12.0 Å². The number of carbonyl (C=O) groups excluding carboxylic acids is 3. The summed E-state index contributed by atoms with van der Waals surface area (Å²) in [6.45, 7) is 0.0269. The number of methoxy groups -OCH3 is 1. The lowest BCUT2D eigenvalue weighted by molar-refractivity contribution is -0.135. The Labute approximate surface area is 173 Å². The van der Waals surface area contributed by atoms with Crippen molar-refractivity contribution in [1.82, 2.24) is 4.90 Å². The third-order valence-corrected chi connectivity index (χ3v) is 4.68. The average Bonchev–Trinajstić information content (AvgIpc) is 3.05. The SMILES string of the molecule is COc1ccc(CN(C(=O)/C=C/C(=O)O)C2CC(=O)N(c3ccccc3)C2=O)cc1. The number of nitrogens with zero attached hydrogens (tertiary/aromatic N) is 2. The van der Waals surface area contributed by atoms with E-state index in [4.69, 9.17) is 9.84 Å². The van der Waals surface area contributed by atoms with Gasteiger partial charge in [-0.15, -0.1) is 0 Å². The maximum atomic E-state index is 13.0. The summed E-state index contributed by atoms with van der Waals surface area (Å²) in [7, 11) is 1.53. The van der Waals surface area contributed by atoms with E-state index in [0.29, 0.717) is 23.1 Å². The van der Waals surface area contributed by atoms with Gasteiger partial charge < -0.3 is 14.7 Å². The molecular weight excluding hydrogens is 388 g/mol. The Morgan fingerprint density at radius 3 is 2.37 bits per heavy atom. The Hall–Kier alpha value is -3.94. The second-order valence-electron chi connectivity index (χ2n) is 6.61. The normalized spacial score (nSPS) is 16.2. The molecule has 1 atom stereocenters. The summed E-state index contributed by atoms with van der Waals surface area (Å²) < 4.78 is 5.12. The lowest BCUT2D eigenvalue weighted by atomic mass is 10.1. The van der Waals surface area contributed by atoms with Crippen LogP contribution in [0.15, 0.2) is 66.7 Å². The first-order valence-corrected chi connectivity index (χ1v) is 9.17. The molecule has 1 N–H and O–H groups in total. The van der Waals surface area contributed by atoms with E-state index in [2.05, 4.69) is 0 Å². The summed E-state index contributed by atoms with van der Waals surface area (Å²) in [5.41, 5.74) is 1.12. The highest BCUT2D eigenvalue weighted by molar-refractivity contribution is 6.23. The number of hydrogen-bond acceptors (Lipinski definition) is 5. The highest BCUT2D eigenvalue weighted by Gasteiger charge is 2.44. The van der Waals surface area contributed by atoms with Crippen LogP contribution in [0.2, 0.25) is 0 Å². The van der Waals surface area contributed by atoms with E-state index in [1.54, 1.807) is 54.6 Å². The first kappa shape index (κ1) is 20.8. The molecule has 1 saturated heterocycles. The van der Waals surface area contributed by atoms with Crippen molar-refractivity contribution in [2.75, 3.05) is 12.0 Å². The Morgan fingerprint density at radius 2 is 1.77 bits per heavy atom. The first-order valence-electron chi connectivity index (χ1n) is 9.17. The summed E-state index contributed by atoms with van der Waals surface area (Å²) in [5.74, 6) is -2.28. The van der Waals surface area contributed by atoms with Crippen molar-refractivity contribution in [3.05, 3.63) is 72.3 Å². The van der Waals surface area contributed by atoms with Gasteiger partial charge in [-0.2, -0.15) is 0 Å². The van der Waals surface area contributed by atoms with Gasteiger partial charge in [0.25, 0.3) is 5.91 Å². The Bertz CT molecular complexity index is 984. The fourth-order valence-corrected chi connectivity index (χ4v) is 3.22. The van der Waals surface area contributed by atoms with E-state index in [0.717, 1.165) is 11.0 Å². The van der Waals surface area contributed by atoms with E-state index in [1.165, 1.54) is 12.0 Å². The number of carboxylic acids is 1. The molecule has 2 aromatic carbocycles. The van der Waals surface area contributed by atoms with E-state index < -0.39 is 29.7 Å². The molecule has 3 amide bonds. The Kier molecular flexibility index (Phi) is 6.26. The van der Waals surface area contributed by atoms with Crippen molar-refractivity contribution >= 4 is 29.4 Å². The molecule has 1 fully saturated rings. The maximum Gasteiger partial charge on any atom is 0.328 e. The summed E-state index contributed by atoms with van der Waals surface area (Å²) in [6, 6.07) is 14.3. The fourth-order valence-electron chi connectivity index (χ4n) is 3.22. The number of imide groups is 1. The van der Waals surface area contributed by atoms with Crippen LogP contribution >= 0.6 is 0 Å². The lowest BCUT2D eigenvalue weighted by Gasteiger charge is -2.26. The minimum Gasteiger partial charge on any atom is -0.497 e. The molecule has 0 saturated carbocycles. The smallest absolute Gasteiger partial charge is 0.328 e. The monoisotopic (exact) mass is 408 g/mol. The number of ether oxygens (including phenoxy) is 1. The van der Waals surface area contributed by atoms with Crippen molar-refractivity contribution in [3.8, 4) is 5.75 Å². The summed E-state index contributed by atoms with van der Waals surface area (Å²) >= 11 is 0. The third kappa shape index (κ3) is 4.54. The molecule has 0 spiro atoms. The van der Waals surface area contributed by atoms with Gasteiger partial charge >= 0.3 is 5.97 Å². The van der Waals surface area contributed by atoms with E-state index in [9.17, 15) is 19.2 Å². The van der Waals surface area contributed by atoms with Crippen LogP contribution in [0, 0.1) is 0 Å². The molecule has 0 aromatic heterocycles. The predicted molar refractivity (Wildman–Crippen MR) is 108 cm³/mol. The van der Waals surface area contributed by atoms with Gasteiger partial charge in [0.2, 0.25) is 11.8 Å². The van der Waals surface area contributed by atoms with Crippen molar-refractivity contribution in [2.24, 2.45) is 0 Å². The lowest BCUT2D eigenvalue weighted by Crippen LogP contribution is -2.44. The number of para-hydroxylation sites is 1. The Morgan fingerprint density at radius 1 is 1.10 bits per heavy atom. The molecule has 154 valence electrons. The standard InChI is InChI=1S/C22H20N2O6/c1-30-17-9-7-15(8-10-17)14-23(19(25)11-12-21(27)28)18-13-20(26)24(22(18)29)16-5-3-2-4-6-16/h2-12,18H,13-14H2,1H3,(H,27,28)/b12-11+. The summed E-state index contributed by atoms with van der Waals surface area (Å²) in [4.78, 5) is 51.4. The van der Waals surface area contributed by atoms with Crippen LogP contribution < -0.4 is 9.64 Å². The van der Waals surface area contributed by atoms with Crippen molar-refractivity contribution in [3.63, 3.8) is 0 Å². The van der Waals surface area contributed by atoms with Gasteiger partial charge in [-0.1, -0.05) is 30.3 Å². The maximum absolute atomic E-state index is 13.0. The first-order chi connectivity index (χ1) is 14.4. The summed E-state index contributed by atoms with van der Waals surface area (Å²) in [6.07, 6.45) is 1.41. The van der Waals surface area contributed by atoms with E-state index >= 15 is 0 Å². The molecule has 2 aromatic rings. The molecule has 1 heterocycles. The van der Waals surface area contributed by atoms with Crippen molar-refractivity contribution in [1.29, 1.82) is 0 Å². The quantitative estimate of drug-likeness (QED) is 0.555. The van der Waals surface area contributed by atoms with E-state index in [1.807, 2.05) is 0 Å². The van der Waals surface area contributed by atoms with Crippen molar-refractivity contribution < 1.29 is 29.0 Å². The zero-order valence-corrected chi connectivity index (χ0v) is 16.2. The minimum atomic E-state index is -1.28. The zero-order chi connectivity index (χ0) is 21.7. The van der Waals surface area contributed by atoms with E-state index in [-0.39, 0.29) is 13.0 Å². The Balaban J connectivity index is 1.90. The number of anilines is 1. The largest absolute Gasteiger partial charge is 0.497 e. The molecule has 8 heteroatoms. The number of amides is 3. The van der Waals surface area contributed by atoms with Gasteiger partial charge in [0.15, 0.2) is 0 Å². The fraction of sp³-hybridized carbons (Fsp3) is 0.182. The molecule has 1 aliphatic heterocycles. The molecule has 1 unspecified atom stereocenters. The van der Waals surface area contributed by atoms with Gasteiger partial charge in [0.05, 0.1) is 19.2 Å². The van der Waals surface area contributed by atoms with Crippen LogP contribution in [-0.4, -0.2) is 46.8 Å². The highest BCUT2D eigenvalue weighted by atomic mass is 16.5. The van der Waals surface area contributed by atoms with Crippen LogP contribution in [0.3, 0.4) is 0 Å². The molecule has 3 rings (SSSR count). The topological polar surface area (TPSA) is 104 Å². The molecular formula is C22H20N2O6. The summed E-state index contributed by atoms with van der Waals surface area (Å²) in [5, 5.41) is 8.84. The molecule has 0 aliphatic carbocycles. The zero-order valence-electron chi connectivity index (χ0n) is 16.2. The average molecular weight is 408 g/mol. The van der Waals surface area contributed by atoms with Gasteiger partial charge in [-0.3, -0.25) is 14.4 Å². The number of rotatable bonds is 7. The van der Waals surface area contributed by atoms with Gasteiger partial charge in [0.1, 0.15) is 11.8 Å². The molecule has 30 heavy (non-hydrogen) atoms. The highest BCUT2D eigenvalue weighted by Crippen LogP contribution is 2.27. The van der Waals surface area contributed by atoms with Crippen LogP contribution in [0.25, 0.3) is 0 Å². The minimum absolute atomic E-state index is 0.0269. The second kappa shape index (κ2) is 9.04. The number of benzene rings is 2. The molecule has 8 nitrogen and oxygen atoms in total.